The number of hydrogen-bond acceptors (Lipinski definition) is 3. The predicted octanol–water partition coefficient (Wildman–Crippen LogP) is 2.33. The van der Waals surface area contributed by atoms with Gasteiger partial charge in [-0.05, 0) is 17.5 Å². The molecule has 0 bridgehead atoms. The molecule has 0 saturated carbocycles. The van der Waals surface area contributed by atoms with Gasteiger partial charge in [-0.3, -0.25) is 15.1 Å². The van der Waals surface area contributed by atoms with Gasteiger partial charge in [0.25, 0.3) is 9.70 Å². The monoisotopic (exact) mass is 364 g/mol. The lowest BCUT2D eigenvalue weighted by Gasteiger charge is -2.23. The van der Waals surface area contributed by atoms with Gasteiger partial charge in [-0.1, -0.05) is 46.9 Å². The number of nitrogens with two attached hydrogens (primary N) is 1. The lowest BCUT2D eigenvalue weighted by molar-refractivity contribution is -0.706. The molecule has 21 heavy (non-hydrogen) atoms. The molecule has 0 aliphatic rings. The summed E-state index contributed by atoms with van der Waals surface area (Å²) < 4.78 is -1.62. The van der Waals surface area contributed by atoms with Crippen molar-refractivity contribution in [1.82, 2.24) is 10.3 Å². The van der Waals surface area contributed by atoms with E-state index in [9.17, 15) is 4.79 Å². The Bertz CT molecular complexity index is 572. The van der Waals surface area contributed by atoms with Crippen molar-refractivity contribution in [1.29, 1.82) is 0 Å². The lowest BCUT2D eigenvalue weighted by Crippen LogP contribution is -2.95. The smallest absolute Gasteiger partial charge is 0.265 e. The number of nitrogens with one attached hydrogen (secondary N) is 1. The summed E-state index contributed by atoms with van der Waals surface area (Å²) in [6, 6.07) is 7.26. The van der Waals surface area contributed by atoms with E-state index >= 15 is 0 Å². The lowest BCUT2D eigenvalue weighted by atomic mass is 10.3. The van der Waals surface area contributed by atoms with Crippen LogP contribution < -0.4 is 10.6 Å². The fourth-order valence-corrected chi connectivity index (χ4v) is 2.73. The van der Waals surface area contributed by atoms with Crippen LogP contribution in [0.25, 0.3) is 0 Å². The van der Waals surface area contributed by atoms with Gasteiger partial charge in [0, 0.05) is 18.0 Å². The molecule has 8 heteroatoms. The van der Waals surface area contributed by atoms with Gasteiger partial charge in [-0.15, -0.1) is 11.3 Å². The summed E-state index contributed by atoms with van der Waals surface area (Å²) in [4.78, 5) is 16.7. The second kappa shape index (κ2) is 7.42. The Kier molecular flexibility index (Phi) is 5.84. The fourth-order valence-electron chi connectivity index (χ4n) is 1.67. The van der Waals surface area contributed by atoms with Crippen LogP contribution in [-0.4, -0.2) is 20.8 Å². The number of aromatic nitrogens is 1. The summed E-state index contributed by atoms with van der Waals surface area (Å²) in [5, 5.41) is 6.31. The van der Waals surface area contributed by atoms with Crippen molar-refractivity contribution in [3.05, 3.63) is 52.5 Å². The van der Waals surface area contributed by atoms with Gasteiger partial charge in [0.1, 0.15) is 6.54 Å². The van der Waals surface area contributed by atoms with Crippen molar-refractivity contribution in [3.8, 4) is 0 Å². The number of thiophene rings is 1. The Morgan fingerprint density at radius 2 is 2.19 bits per heavy atom. The maximum absolute atomic E-state index is 12.1. The van der Waals surface area contributed by atoms with Crippen LogP contribution in [0.2, 0.25) is 0 Å². The third kappa shape index (κ3) is 5.13. The summed E-state index contributed by atoms with van der Waals surface area (Å²) >= 11 is 19.2. The number of quaternary nitrogens is 1. The quantitative estimate of drug-likeness (QED) is 0.631. The minimum atomic E-state index is -1.62. The molecule has 2 aromatic rings. The van der Waals surface area contributed by atoms with Crippen molar-refractivity contribution in [2.45, 2.75) is 16.5 Å². The van der Waals surface area contributed by atoms with E-state index in [-0.39, 0.29) is 5.91 Å². The summed E-state index contributed by atoms with van der Waals surface area (Å²) in [6.45, 7) is 0.539. The highest BCUT2D eigenvalue weighted by molar-refractivity contribution is 7.12. The van der Waals surface area contributed by atoms with Gasteiger partial charge in [-0.25, -0.2) is 0 Å². The molecule has 0 unspecified atom stereocenters. The number of hydrogen-bond donors (Lipinski definition) is 2. The Labute approximate surface area is 141 Å². The second-order valence-corrected chi connectivity index (χ2v) is 7.59. The van der Waals surface area contributed by atoms with Gasteiger partial charge < -0.3 is 5.32 Å². The number of alkyl halides is 3. The molecule has 2 heterocycles. The van der Waals surface area contributed by atoms with E-state index in [4.69, 9.17) is 34.8 Å². The first-order valence-electron chi connectivity index (χ1n) is 6.10. The van der Waals surface area contributed by atoms with Crippen molar-refractivity contribution in [2.75, 3.05) is 0 Å². The molecule has 4 nitrogen and oxygen atoms in total. The molecule has 0 aliphatic carbocycles. The van der Waals surface area contributed by atoms with Crippen LogP contribution in [0.5, 0.6) is 0 Å². The number of rotatable bonds is 5. The van der Waals surface area contributed by atoms with E-state index < -0.39 is 9.96 Å². The van der Waals surface area contributed by atoms with Crippen LogP contribution in [0, 0.1) is 0 Å². The average Bonchev–Trinajstić information content (AvgIpc) is 2.97. The molecule has 0 aromatic carbocycles. The van der Waals surface area contributed by atoms with Crippen molar-refractivity contribution in [2.24, 2.45) is 0 Å². The second-order valence-electron chi connectivity index (χ2n) is 4.27. The maximum Gasteiger partial charge on any atom is 0.265 e. The van der Waals surface area contributed by atoms with Crippen molar-refractivity contribution < 1.29 is 10.1 Å². The highest BCUT2D eigenvalue weighted by Crippen LogP contribution is 2.27. The van der Waals surface area contributed by atoms with Crippen LogP contribution in [0.3, 0.4) is 0 Å². The number of carbonyl (C=O) groups is 1. The minimum Gasteiger partial charge on any atom is -0.319 e. The Morgan fingerprint density at radius 3 is 2.76 bits per heavy atom. The SMILES string of the molecule is O=C(N[C@@H]([NH2+]Cc1cccnc1)C(Cl)(Cl)Cl)c1cccs1. The fraction of sp³-hybridized carbons (Fsp3) is 0.231. The summed E-state index contributed by atoms with van der Waals surface area (Å²) in [5.74, 6) is -0.260. The normalized spacial score (nSPS) is 12.9. The van der Waals surface area contributed by atoms with Crippen LogP contribution in [0.15, 0.2) is 42.0 Å². The van der Waals surface area contributed by atoms with Gasteiger partial charge in [-0.2, -0.15) is 0 Å². The van der Waals surface area contributed by atoms with Crippen LogP contribution >= 0.6 is 46.1 Å². The van der Waals surface area contributed by atoms with Crippen molar-refractivity contribution in [3.63, 3.8) is 0 Å². The molecule has 0 spiro atoms. The topological polar surface area (TPSA) is 58.6 Å². The van der Waals surface area contributed by atoms with Gasteiger partial charge >= 0.3 is 0 Å². The van der Waals surface area contributed by atoms with E-state index in [0.717, 1.165) is 5.56 Å². The zero-order valence-corrected chi connectivity index (χ0v) is 13.9. The van der Waals surface area contributed by atoms with E-state index in [0.29, 0.717) is 11.4 Å². The summed E-state index contributed by atoms with van der Waals surface area (Å²) in [6.07, 6.45) is 2.72. The Morgan fingerprint density at radius 1 is 1.38 bits per heavy atom. The zero-order valence-electron chi connectivity index (χ0n) is 10.8. The molecule has 1 amide bonds. The molecule has 0 fully saturated rings. The molecule has 2 rings (SSSR count). The third-order valence-electron chi connectivity index (χ3n) is 2.70. The number of nitrogens with zero attached hydrogens (tertiary/aromatic N) is 1. The summed E-state index contributed by atoms with van der Waals surface area (Å²) in [5.41, 5.74) is 0.974. The van der Waals surface area contributed by atoms with Gasteiger partial charge in [0.2, 0.25) is 6.17 Å². The molecule has 0 aliphatic heterocycles. The van der Waals surface area contributed by atoms with E-state index in [1.165, 1.54) is 11.3 Å². The van der Waals surface area contributed by atoms with Crippen LogP contribution in [0.4, 0.5) is 0 Å². The number of carbonyl (C=O) groups excluding carboxylic acids is 1. The Hall–Kier alpha value is -0.850. The zero-order chi connectivity index (χ0) is 15.3. The van der Waals surface area contributed by atoms with E-state index in [1.54, 1.807) is 29.8 Å². The molecular weight excluding hydrogens is 353 g/mol. The molecule has 3 N–H and O–H groups in total. The first-order chi connectivity index (χ1) is 9.97. The molecular formula is C13H13Cl3N3OS+. The molecule has 112 valence electrons. The highest BCUT2D eigenvalue weighted by atomic mass is 35.6. The maximum atomic E-state index is 12.1. The van der Waals surface area contributed by atoms with E-state index in [1.807, 2.05) is 17.5 Å². The van der Waals surface area contributed by atoms with Gasteiger partial charge in [0.15, 0.2) is 0 Å². The minimum absolute atomic E-state index is 0.260. The first kappa shape index (κ1) is 16.5. The third-order valence-corrected chi connectivity index (χ3v) is 4.27. The van der Waals surface area contributed by atoms with Gasteiger partial charge in [0.05, 0.1) is 4.88 Å². The largest absolute Gasteiger partial charge is 0.319 e. The van der Waals surface area contributed by atoms with Crippen LogP contribution in [0.1, 0.15) is 15.2 Å². The summed E-state index contributed by atoms with van der Waals surface area (Å²) in [7, 11) is 0. The number of pyridine rings is 1. The van der Waals surface area contributed by atoms with Crippen LogP contribution in [-0.2, 0) is 6.54 Å². The number of amides is 1. The molecule has 1 atom stereocenters. The highest BCUT2D eigenvalue weighted by Gasteiger charge is 2.37. The molecule has 2 aromatic heterocycles. The predicted molar refractivity (Wildman–Crippen MR) is 85.7 cm³/mol. The Balaban J connectivity index is 2.00. The number of halogens is 3. The molecule has 0 saturated heterocycles. The molecule has 0 radical (unpaired) electrons. The van der Waals surface area contributed by atoms with Crippen molar-refractivity contribution >= 4 is 52.0 Å². The standard InChI is InChI=1S/C13H12Cl3N3OS/c14-13(15,16)12(18-8-9-3-1-5-17-7-9)19-11(20)10-4-2-6-21-10/h1-7,12,18H,8H2,(H,19,20)/p+1/t12-/m1/s1. The van der Waals surface area contributed by atoms with E-state index in [2.05, 4.69) is 10.3 Å². The first-order valence-corrected chi connectivity index (χ1v) is 8.11. The average molecular weight is 366 g/mol.